The van der Waals surface area contributed by atoms with E-state index in [1.54, 1.807) is 25.2 Å². The van der Waals surface area contributed by atoms with E-state index in [0.29, 0.717) is 12.1 Å². The van der Waals surface area contributed by atoms with Gasteiger partial charge in [0.2, 0.25) is 20.0 Å². The second-order valence-electron chi connectivity index (χ2n) is 4.16. The normalized spacial score (nSPS) is 12.3. The first-order valence-electron chi connectivity index (χ1n) is 5.97. The number of nitrogens with one attached hydrogen (secondary N) is 3. The summed E-state index contributed by atoms with van der Waals surface area (Å²) >= 11 is 0. The molecule has 1 rings (SSSR count). The molecule has 0 aliphatic rings. The van der Waals surface area contributed by atoms with Crippen LogP contribution in [0.2, 0.25) is 0 Å². The maximum absolute atomic E-state index is 12.1. The van der Waals surface area contributed by atoms with Crippen molar-refractivity contribution < 1.29 is 16.8 Å². The summed E-state index contributed by atoms with van der Waals surface area (Å²) in [5, 5.41) is 2.81. The van der Waals surface area contributed by atoms with Gasteiger partial charge in [-0.25, -0.2) is 26.3 Å². The predicted molar refractivity (Wildman–Crippen MR) is 78.6 cm³/mol. The summed E-state index contributed by atoms with van der Waals surface area (Å²) in [4.78, 5) is 0.165. The van der Waals surface area contributed by atoms with Gasteiger partial charge in [0.15, 0.2) is 0 Å². The molecule has 0 radical (unpaired) electrons. The van der Waals surface area contributed by atoms with E-state index in [1.165, 1.54) is 6.07 Å². The number of rotatable bonds is 8. The number of para-hydroxylation sites is 1. The summed E-state index contributed by atoms with van der Waals surface area (Å²) in [6, 6.07) is 6.55. The Labute approximate surface area is 119 Å². The van der Waals surface area contributed by atoms with Crippen LogP contribution in [0.1, 0.15) is 6.42 Å². The van der Waals surface area contributed by atoms with Crippen LogP contribution in [-0.2, 0) is 20.0 Å². The first-order valence-corrected chi connectivity index (χ1v) is 9.35. The summed E-state index contributed by atoms with van der Waals surface area (Å²) in [7, 11) is -5.21. The third-order valence-electron chi connectivity index (χ3n) is 2.46. The maximum Gasteiger partial charge on any atom is 0.242 e. The van der Waals surface area contributed by atoms with Gasteiger partial charge >= 0.3 is 0 Å². The summed E-state index contributed by atoms with van der Waals surface area (Å²) in [6.07, 6.45) is 1.42. The van der Waals surface area contributed by atoms with E-state index in [9.17, 15) is 16.8 Å². The average Bonchev–Trinajstić information content (AvgIpc) is 2.36. The van der Waals surface area contributed by atoms with Gasteiger partial charge in [0, 0.05) is 20.1 Å². The molecular weight excluding hydrogens is 302 g/mol. The summed E-state index contributed by atoms with van der Waals surface area (Å²) < 4.78 is 50.6. The van der Waals surface area contributed by atoms with Crippen LogP contribution in [0.3, 0.4) is 0 Å². The quantitative estimate of drug-likeness (QED) is 0.582. The highest BCUT2D eigenvalue weighted by molar-refractivity contribution is 7.89. The fraction of sp³-hybridized carbons (Fsp3) is 0.455. The van der Waals surface area contributed by atoms with Gasteiger partial charge in [0.25, 0.3) is 0 Å². The van der Waals surface area contributed by atoms with Crippen molar-refractivity contribution >= 4 is 25.7 Å². The van der Waals surface area contributed by atoms with E-state index in [1.807, 2.05) is 0 Å². The number of benzene rings is 1. The van der Waals surface area contributed by atoms with Crippen molar-refractivity contribution in [3.63, 3.8) is 0 Å². The molecule has 0 heterocycles. The van der Waals surface area contributed by atoms with Crippen LogP contribution >= 0.6 is 0 Å². The minimum Gasteiger partial charge on any atom is -0.387 e. The highest BCUT2D eigenvalue weighted by atomic mass is 32.2. The van der Waals surface area contributed by atoms with Crippen molar-refractivity contribution in [1.82, 2.24) is 9.44 Å². The molecule has 0 aliphatic heterocycles. The Bertz CT molecular complexity index is 641. The molecule has 0 unspecified atom stereocenters. The monoisotopic (exact) mass is 321 g/mol. The van der Waals surface area contributed by atoms with Crippen molar-refractivity contribution in [2.45, 2.75) is 11.3 Å². The Hall–Kier alpha value is -1.16. The third-order valence-corrected chi connectivity index (χ3v) is 4.70. The second kappa shape index (κ2) is 7.02. The van der Waals surface area contributed by atoms with Crippen molar-refractivity contribution in [2.75, 3.05) is 31.7 Å². The fourth-order valence-corrected chi connectivity index (χ4v) is 3.34. The second-order valence-corrected chi connectivity index (χ2v) is 7.73. The average molecular weight is 321 g/mol. The molecular formula is C11H19N3O4S2. The Morgan fingerprint density at radius 2 is 1.60 bits per heavy atom. The standard InChI is InChI=1S/C11H19N3O4S2/c1-12-10-6-3-4-7-11(10)20(17,18)14-9-5-8-13-19(2,15)16/h3-4,6-7,12-14H,5,8-9H2,1-2H3. The first-order chi connectivity index (χ1) is 9.26. The van der Waals surface area contributed by atoms with E-state index >= 15 is 0 Å². The number of hydrogen-bond donors (Lipinski definition) is 3. The molecule has 0 saturated heterocycles. The molecule has 0 saturated carbocycles. The van der Waals surface area contributed by atoms with Crippen molar-refractivity contribution in [3.8, 4) is 0 Å². The Kier molecular flexibility index (Phi) is 5.93. The lowest BCUT2D eigenvalue weighted by Gasteiger charge is -2.11. The van der Waals surface area contributed by atoms with Crippen molar-refractivity contribution in [3.05, 3.63) is 24.3 Å². The molecule has 1 aromatic rings. The SMILES string of the molecule is CNc1ccccc1S(=O)(=O)NCCCNS(C)(=O)=O. The minimum atomic E-state index is -3.61. The van der Waals surface area contributed by atoms with Crippen LogP contribution in [0.5, 0.6) is 0 Å². The molecule has 0 aromatic heterocycles. The Morgan fingerprint density at radius 1 is 1.00 bits per heavy atom. The Morgan fingerprint density at radius 3 is 2.20 bits per heavy atom. The summed E-state index contributed by atoms with van der Waals surface area (Å²) in [5.41, 5.74) is 0.509. The smallest absolute Gasteiger partial charge is 0.242 e. The zero-order valence-electron chi connectivity index (χ0n) is 11.4. The van der Waals surface area contributed by atoms with Crippen LogP contribution in [0, 0.1) is 0 Å². The molecule has 3 N–H and O–H groups in total. The molecule has 0 bridgehead atoms. The van der Waals surface area contributed by atoms with E-state index in [2.05, 4.69) is 14.8 Å². The van der Waals surface area contributed by atoms with Crippen LogP contribution < -0.4 is 14.8 Å². The molecule has 114 valence electrons. The number of anilines is 1. The van der Waals surface area contributed by atoms with Gasteiger partial charge in [-0.05, 0) is 18.6 Å². The zero-order chi connectivity index (χ0) is 15.2. The van der Waals surface area contributed by atoms with Crippen LogP contribution in [-0.4, -0.2) is 43.2 Å². The molecule has 20 heavy (non-hydrogen) atoms. The lowest BCUT2D eigenvalue weighted by molar-refractivity contribution is 0.575. The van der Waals surface area contributed by atoms with Crippen LogP contribution in [0.25, 0.3) is 0 Å². The van der Waals surface area contributed by atoms with E-state index in [4.69, 9.17) is 0 Å². The van der Waals surface area contributed by atoms with Gasteiger partial charge in [-0.2, -0.15) is 0 Å². The van der Waals surface area contributed by atoms with Gasteiger partial charge < -0.3 is 5.32 Å². The van der Waals surface area contributed by atoms with Gasteiger partial charge in [-0.3, -0.25) is 0 Å². The molecule has 7 nitrogen and oxygen atoms in total. The summed E-state index contributed by atoms with van der Waals surface area (Å²) in [5.74, 6) is 0. The topological polar surface area (TPSA) is 104 Å². The van der Waals surface area contributed by atoms with Gasteiger partial charge in [0.05, 0.1) is 11.9 Å². The maximum atomic E-state index is 12.1. The summed E-state index contributed by atoms with van der Waals surface area (Å²) in [6.45, 7) is 0.345. The Balaban J connectivity index is 2.58. The minimum absolute atomic E-state index is 0.156. The van der Waals surface area contributed by atoms with Crippen molar-refractivity contribution in [1.29, 1.82) is 0 Å². The van der Waals surface area contributed by atoms with E-state index < -0.39 is 20.0 Å². The molecule has 0 fully saturated rings. The third kappa shape index (κ3) is 5.45. The highest BCUT2D eigenvalue weighted by Crippen LogP contribution is 2.19. The fourth-order valence-electron chi connectivity index (χ4n) is 1.54. The molecule has 0 atom stereocenters. The molecule has 0 amide bonds. The molecule has 0 aliphatic carbocycles. The molecule has 1 aromatic carbocycles. The lowest BCUT2D eigenvalue weighted by Crippen LogP contribution is -2.29. The molecule has 9 heteroatoms. The first kappa shape index (κ1) is 16.9. The van der Waals surface area contributed by atoms with Gasteiger partial charge in [-0.1, -0.05) is 12.1 Å². The van der Waals surface area contributed by atoms with Crippen molar-refractivity contribution in [2.24, 2.45) is 0 Å². The van der Waals surface area contributed by atoms with Crippen LogP contribution in [0.4, 0.5) is 5.69 Å². The van der Waals surface area contributed by atoms with E-state index in [0.717, 1.165) is 6.26 Å². The highest BCUT2D eigenvalue weighted by Gasteiger charge is 2.16. The van der Waals surface area contributed by atoms with Gasteiger partial charge in [0.1, 0.15) is 4.90 Å². The number of sulfonamides is 2. The van der Waals surface area contributed by atoms with E-state index in [-0.39, 0.29) is 18.0 Å². The number of hydrogen-bond acceptors (Lipinski definition) is 5. The zero-order valence-corrected chi connectivity index (χ0v) is 13.0. The predicted octanol–water partition coefficient (Wildman–Crippen LogP) is -0.0541. The van der Waals surface area contributed by atoms with Gasteiger partial charge in [-0.15, -0.1) is 0 Å². The molecule has 0 spiro atoms. The lowest BCUT2D eigenvalue weighted by atomic mass is 10.3. The van der Waals surface area contributed by atoms with Crippen LogP contribution in [0.15, 0.2) is 29.2 Å². The largest absolute Gasteiger partial charge is 0.387 e.